The molecule has 1 unspecified atom stereocenters. The van der Waals surface area contributed by atoms with E-state index in [4.69, 9.17) is 9.47 Å². The first-order chi connectivity index (χ1) is 12.9. The van der Waals surface area contributed by atoms with E-state index in [0.29, 0.717) is 17.2 Å². The SMILES string of the molecule is COC(=O)C=Cc1ccc(OC(C)C(=O)Nc2ccc(Br)cc2)c(OC)c1. The predicted molar refractivity (Wildman–Crippen MR) is 107 cm³/mol. The number of rotatable bonds is 7. The highest BCUT2D eigenvalue weighted by molar-refractivity contribution is 9.10. The summed E-state index contributed by atoms with van der Waals surface area (Å²) < 4.78 is 16.5. The van der Waals surface area contributed by atoms with Crippen LogP contribution in [0.4, 0.5) is 5.69 Å². The van der Waals surface area contributed by atoms with Crippen molar-refractivity contribution in [2.24, 2.45) is 0 Å². The second kappa shape index (κ2) is 9.78. The lowest BCUT2D eigenvalue weighted by molar-refractivity contribution is -0.134. The first-order valence-corrected chi connectivity index (χ1v) is 8.89. The van der Waals surface area contributed by atoms with Crippen LogP contribution in [0.5, 0.6) is 11.5 Å². The average Bonchev–Trinajstić information content (AvgIpc) is 2.68. The summed E-state index contributed by atoms with van der Waals surface area (Å²) in [5.74, 6) is 0.137. The van der Waals surface area contributed by atoms with Crippen LogP contribution in [-0.2, 0) is 14.3 Å². The number of halogens is 1. The Morgan fingerprint density at radius 1 is 1.07 bits per heavy atom. The zero-order valence-electron chi connectivity index (χ0n) is 15.2. The maximum atomic E-state index is 12.3. The number of amides is 1. The lowest BCUT2D eigenvalue weighted by Crippen LogP contribution is -2.30. The normalized spacial score (nSPS) is 11.7. The fourth-order valence-electron chi connectivity index (χ4n) is 2.14. The van der Waals surface area contributed by atoms with E-state index in [-0.39, 0.29) is 5.91 Å². The van der Waals surface area contributed by atoms with Crippen molar-refractivity contribution in [3.63, 3.8) is 0 Å². The van der Waals surface area contributed by atoms with Gasteiger partial charge >= 0.3 is 5.97 Å². The predicted octanol–water partition coefficient (Wildman–Crippen LogP) is 4.05. The zero-order valence-corrected chi connectivity index (χ0v) is 16.8. The molecule has 2 aromatic rings. The molecule has 0 heterocycles. The monoisotopic (exact) mass is 433 g/mol. The van der Waals surface area contributed by atoms with Crippen LogP contribution in [-0.4, -0.2) is 32.2 Å². The van der Waals surface area contributed by atoms with Crippen LogP contribution in [0.1, 0.15) is 12.5 Å². The number of hydrogen-bond acceptors (Lipinski definition) is 5. The molecule has 0 aliphatic rings. The van der Waals surface area contributed by atoms with Crippen molar-refractivity contribution in [1.29, 1.82) is 0 Å². The van der Waals surface area contributed by atoms with Gasteiger partial charge in [0.2, 0.25) is 0 Å². The van der Waals surface area contributed by atoms with Crippen LogP contribution < -0.4 is 14.8 Å². The van der Waals surface area contributed by atoms with Crippen molar-refractivity contribution in [3.8, 4) is 11.5 Å². The van der Waals surface area contributed by atoms with Gasteiger partial charge in [-0.3, -0.25) is 4.79 Å². The highest BCUT2D eigenvalue weighted by Gasteiger charge is 2.17. The summed E-state index contributed by atoms with van der Waals surface area (Å²) in [7, 11) is 2.81. The van der Waals surface area contributed by atoms with Gasteiger partial charge in [0, 0.05) is 16.2 Å². The van der Waals surface area contributed by atoms with Crippen LogP contribution in [0.3, 0.4) is 0 Å². The van der Waals surface area contributed by atoms with E-state index >= 15 is 0 Å². The fraction of sp³-hybridized carbons (Fsp3) is 0.200. The molecule has 2 rings (SSSR count). The van der Waals surface area contributed by atoms with Crippen LogP contribution >= 0.6 is 15.9 Å². The average molecular weight is 434 g/mol. The minimum absolute atomic E-state index is 0.283. The van der Waals surface area contributed by atoms with Crippen molar-refractivity contribution >= 4 is 39.6 Å². The molecule has 0 aromatic heterocycles. The molecule has 0 aliphatic heterocycles. The van der Waals surface area contributed by atoms with Crippen LogP contribution in [0.15, 0.2) is 53.0 Å². The van der Waals surface area contributed by atoms with E-state index in [1.807, 2.05) is 12.1 Å². The maximum Gasteiger partial charge on any atom is 0.330 e. The quantitative estimate of drug-likeness (QED) is 0.526. The summed E-state index contributed by atoms with van der Waals surface area (Å²) in [5, 5.41) is 2.79. The number of carbonyl (C=O) groups is 2. The summed E-state index contributed by atoms with van der Waals surface area (Å²) in [6.45, 7) is 1.65. The number of nitrogens with one attached hydrogen (secondary N) is 1. The van der Waals surface area contributed by atoms with Gasteiger partial charge in [0.15, 0.2) is 17.6 Å². The third kappa shape index (κ3) is 6.14. The van der Waals surface area contributed by atoms with Gasteiger partial charge in [-0.1, -0.05) is 22.0 Å². The minimum Gasteiger partial charge on any atom is -0.493 e. The Hall–Kier alpha value is -2.80. The van der Waals surface area contributed by atoms with E-state index < -0.39 is 12.1 Å². The third-order valence-electron chi connectivity index (χ3n) is 3.59. The van der Waals surface area contributed by atoms with Gasteiger partial charge in [-0.2, -0.15) is 0 Å². The molecule has 0 saturated carbocycles. The molecule has 27 heavy (non-hydrogen) atoms. The molecular formula is C20H20BrNO5. The molecule has 0 bridgehead atoms. The van der Waals surface area contributed by atoms with Gasteiger partial charge in [-0.15, -0.1) is 0 Å². The summed E-state index contributed by atoms with van der Waals surface area (Å²) in [6.07, 6.45) is 2.17. The Labute approximate surface area is 166 Å². The van der Waals surface area contributed by atoms with Gasteiger partial charge in [0.25, 0.3) is 5.91 Å². The molecule has 0 spiro atoms. The van der Waals surface area contributed by atoms with Gasteiger partial charge < -0.3 is 19.5 Å². The number of hydrogen-bond donors (Lipinski definition) is 1. The molecule has 6 nitrogen and oxygen atoms in total. The summed E-state index contributed by atoms with van der Waals surface area (Å²) >= 11 is 3.35. The van der Waals surface area contributed by atoms with Crippen molar-refractivity contribution < 1.29 is 23.8 Å². The molecule has 142 valence electrons. The summed E-state index contributed by atoms with van der Waals surface area (Å²) in [6, 6.07) is 12.4. The smallest absolute Gasteiger partial charge is 0.330 e. The topological polar surface area (TPSA) is 73.9 Å². The summed E-state index contributed by atoms with van der Waals surface area (Å²) in [5.41, 5.74) is 1.41. The maximum absolute atomic E-state index is 12.3. The number of carbonyl (C=O) groups excluding carboxylic acids is 2. The van der Waals surface area contributed by atoms with Gasteiger partial charge in [-0.25, -0.2) is 4.79 Å². The molecule has 1 atom stereocenters. The number of anilines is 1. The Morgan fingerprint density at radius 2 is 1.78 bits per heavy atom. The molecule has 1 N–H and O–H groups in total. The highest BCUT2D eigenvalue weighted by Crippen LogP contribution is 2.29. The van der Waals surface area contributed by atoms with Gasteiger partial charge in [-0.05, 0) is 55.0 Å². The van der Waals surface area contributed by atoms with E-state index in [2.05, 4.69) is 26.0 Å². The van der Waals surface area contributed by atoms with Gasteiger partial charge in [0.1, 0.15) is 0 Å². The first kappa shape index (κ1) is 20.5. The number of ether oxygens (including phenoxy) is 3. The number of benzene rings is 2. The zero-order chi connectivity index (χ0) is 19.8. The second-order valence-corrected chi connectivity index (χ2v) is 6.44. The Bertz CT molecular complexity index is 833. The van der Waals surface area contributed by atoms with E-state index in [0.717, 1.165) is 10.0 Å². The van der Waals surface area contributed by atoms with Crippen LogP contribution in [0, 0.1) is 0 Å². The summed E-state index contributed by atoms with van der Waals surface area (Å²) in [4.78, 5) is 23.5. The number of esters is 1. The van der Waals surface area contributed by atoms with Gasteiger partial charge in [0.05, 0.1) is 14.2 Å². The lowest BCUT2D eigenvalue weighted by Gasteiger charge is -2.17. The molecule has 2 aromatic carbocycles. The molecule has 0 saturated heterocycles. The van der Waals surface area contributed by atoms with Crippen LogP contribution in [0.2, 0.25) is 0 Å². The van der Waals surface area contributed by atoms with Crippen molar-refractivity contribution in [2.75, 3.05) is 19.5 Å². The second-order valence-electron chi connectivity index (χ2n) is 5.52. The molecule has 0 aliphatic carbocycles. The minimum atomic E-state index is -0.737. The highest BCUT2D eigenvalue weighted by atomic mass is 79.9. The molecule has 0 radical (unpaired) electrons. The Kier molecular flexibility index (Phi) is 7.43. The van der Waals surface area contributed by atoms with E-state index in [1.54, 1.807) is 43.3 Å². The Morgan fingerprint density at radius 3 is 2.41 bits per heavy atom. The third-order valence-corrected chi connectivity index (χ3v) is 4.11. The van der Waals surface area contributed by atoms with E-state index in [9.17, 15) is 9.59 Å². The van der Waals surface area contributed by atoms with Crippen molar-refractivity contribution in [2.45, 2.75) is 13.0 Å². The standard InChI is InChI=1S/C20H20BrNO5/c1-13(20(24)22-16-8-6-15(21)7-9-16)27-17-10-4-14(12-18(17)25-2)5-11-19(23)26-3/h4-13H,1-3H3,(H,22,24). The molecule has 7 heteroatoms. The van der Waals surface area contributed by atoms with Crippen LogP contribution in [0.25, 0.3) is 6.08 Å². The molecule has 0 fully saturated rings. The number of methoxy groups -OCH3 is 2. The largest absolute Gasteiger partial charge is 0.493 e. The molecular weight excluding hydrogens is 414 g/mol. The molecule has 1 amide bonds. The Balaban J connectivity index is 2.06. The van der Waals surface area contributed by atoms with Crippen molar-refractivity contribution in [1.82, 2.24) is 0 Å². The lowest BCUT2D eigenvalue weighted by atomic mass is 10.2. The fourth-order valence-corrected chi connectivity index (χ4v) is 2.40. The first-order valence-electron chi connectivity index (χ1n) is 8.10. The van der Waals surface area contributed by atoms with Crippen molar-refractivity contribution in [3.05, 3.63) is 58.6 Å². The van der Waals surface area contributed by atoms with E-state index in [1.165, 1.54) is 20.3 Å².